The molecular formula is C29H31ClN2O5S. The smallest absolute Gasteiger partial charge is 0.270 e. The summed E-state index contributed by atoms with van der Waals surface area (Å²) in [6, 6.07) is 17.5. The zero-order chi connectivity index (χ0) is 27.9. The van der Waals surface area contributed by atoms with Crippen LogP contribution in [-0.2, 0) is 20.2 Å². The van der Waals surface area contributed by atoms with Crippen LogP contribution >= 0.6 is 11.6 Å². The highest BCUT2D eigenvalue weighted by Crippen LogP contribution is 2.52. The lowest BCUT2D eigenvalue weighted by molar-refractivity contribution is -0.120. The average Bonchev–Trinajstić information content (AvgIpc) is 3.12. The summed E-state index contributed by atoms with van der Waals surface area (Å²) in [5.74, 6) is -0.417. The normalized spacial score (nSPS) is 17.3. The van der Waals surface area contributed by atoms with Crippen molar-refractivity contribution in [2.75, 3.05) is 10.9 Å². The van der Waals surface area contributed by atoms with Gasteiger partial charge in [0.05, 0.1) is 17.2 Å². The SMILES string of the molecule is CCOc1ccc2c(c1)C(CC)(c1ccccc1Cl)C(=O)N2S(=O)(=O)c1ccc(C(=O)NC(C)(C)C)cc1. The number of benzene rings is 3. The van der Waals surface area contributed by atoms with Gasteiger partial charge in [-0.1, -0.05) is 36.7 Å². The molecule has 0 saturated carbocycles. The van der Waals surface area contributed by atoms with Gasteiger partial charge in [0.2, 0.25) is 0 Å². The highest BCUT2D eigenvalue weighted by Gasteiger charge is 2.55. The summed E-state index contributed by atoms with van der Waals surface area (Å²) in [7, 11) is -4.34. The second-order valence-corrected chi connectivity index (χ2v) is 12.3. The van der Waals surface area contributed by atoms with Crippen LogP contribution in [0, 0.1) is 0 Å². The second-order valence-electron chi connectivity index (χ2n) is 10.2. The summed E-state index contributed by atoms with van der Waals surface area (Å²) in [4.78, 5) is 26.7. The van der Waals surface area contributed by atoms with E-state index in [2.05, 4.69) is 5.32 Å². The first-order valence-electron chi connectivity index (χ1n) is 12.4. The molecule has 200 valence electrons. The van der Waals surface area contributed by atoms with E-state index < -0.39 is 26.9 Å². The Morgan fingerprint density at radius 3 is 2.24 bits per heavy atom. The van der Waals surface area contributed by atoms with Crippen LogP contribution in [0.1, 0.15) is 62.5 Å². The van der Waals surface area contributed by atoms with Gasteiger partial charge >= 0.3 is 0 Å². The molecule has 0 bridgehead atoms. The van der Waals surface area contributed by atoms with Gasteiger partial charge in [-0.3, -0.25) is 9.59 Å². The van der Waals surface area contributed by atoms with Crippen LogP contribution in [0.3, 0.4) is 0 Å². The molecule has 1 N–H and O–H groups in total. The zero-order valence-electron chi connectivity index (χ0n) is 22.0. The largest absolute Gasteiger partial charge is 0.494 e. The molecule has 0 saturated heterocycles. The van der Waals surface area contributed by atoms with E-state index in [9.17, 15) is 18.0 Å². The Hall–Kier alpha value is -3.36. The molecule has 0 fully saturated rings. The summed E-state index contributed by atoms with van der Waals surface area (Å²) in [5.41, 5.74) is -0.192. The van der Waals surface area contributed by atoms with Crippen LogP contribution < -0.4 is 14.4 Å². The Balaban J connectivity index is 1.86. The van der Waals surface area contributed by atoms with Crippen molar-refractivity contribution < 1.29 is 22.7 Å². The van der Waals surface area contributed by atoms with Gasteiger partial charge in [0.15, 0.2) is 0 Å². The second kappa shape index (κ2) is 10.1. The maximum atomic E-state index is 14.3. The number of sulfonamides is 1. The van der Waals surface area contributed by atoms with Crippen LogP contribution in [-0.4, -0.2) is 32.4 Å². The predicted molar refractivity (Wildman–Crippen MR) is 148 cm³/mol. The zero-order valence-corrected chi connectivity index (χ0v) is 23.6. The molecule has 7 nitrogen and oxygen atoms in total. The van der Waals surface area contributed by atoms with Crippen molar-refractivity contribution in [3.63, 3.8) is 0 Å². The Kier molecular flexibility index (Phi) is 7.34. The molecule has 0 radical (unpaired) electrons. The number of anilines is 1. The fourth-order valence-electron chi connectivity index (χ4n) is 4.82. The van der Waals surface area contributed by atoms with Gasteiger partial charge in [-0.15, -0.1) is 0 Å². The molecule has 9 heteroatoms. The summed E-state index contributed by atoms with van der Waals surface area (Å²) in [6.45, 7) is 9.66. The van der Waals surface area contributed by atoms with Gasteiger partial charge in [0, 0.05) is 21.7 Å². The Morgan fingerprint density at radius 2 is 1.66 bits per heavy atom. The number of hydrogen-bond donors (Lipinski definition) is 1. The summed E-state index contributed by atoms with van der Waals surface area (Å²) in [6.07, 6.45) is 0.274. The predicted octanol–water partition coefficient (Wildman–Crippen LogP) is 5.70. The monoisotopic (exact) mass is 554 g/mol. The maximum absolute atomic E-state index is 14.3. The summed E-state index contributed by atoms with van der Waals surface area (Å²) >= 11 is 6.59. The van der Waals surface area contributed by atoms with E-state index in [-0.39, 0.29) is 22.9 Å². The molecule has 1 atom stereocenters. The van der Waals surface area contributed by atoms with Crippen molar-refractivity contribution in [2.45, 2.75) is 56.9 Å². The molecule has 0 aliphatic carbocycles. The van der Waals surface area contributed by atoms with Gasteiger partial charge in [-0.2, -0.15) is 0 Å². The number of hydrogen-bond acceptors (Lipinski definition) is 5. The van der Waals surface area contributed by atoms with E-state index in [1.807, 2.05) is 34.6 Å². The minimum Gasteiger partial charge on any atom is -0.494 e. The number of halogens is 1. The number of rotatable bonds is 7. The van der Waals surface area contributed by atoms with Crippen molar-refractivity contribution in [2.24, 2.45) is 0 Å². The Morgan fingerprint density at radius 1 is 1.00 bits per heavy atom. The van der Waals surface area contributed by atoms with E-state index in [4.69, 9.17) is 16.3 Å². The lowest BCUT2D eigenvalue weighted by atomic mass is 9.73. The van der Waals surface area contributed by atoms with Crippen LogP contribution in [0.2, 0.25) is 5.02 Å². The number of amides is 2. The number of carbonyl (C=O) groups is 2. The van der Waals surface area contributed by atoms with Gasteiger partial charge in [-0.05, 0) is 88.2 Å². The number of nitrogens with zero attached hydrogens (tertiary/aromatic N) is 1. The molecule has 1 unspecified atom stereocenters. The number of carbonyl (C=O) groups excluding carboxylic acids is 2. The molecule has 0 aromatic heterocycles. The maximum Gasteiger partial charge on any atom is 0.270 e. The molecular weight excluding hydrogens is 524 g/mol. The molecule has 3 aromatic carbocycles. The molecule has 1 aliphatic heterocycles. The van der Waals surface area contributed by atoms with E-state index in [1.54, 1.807) is 42.5 Å². The molecule has 38 heavy (non-hydrogen) atoms. The van der Waals surface area contributed by atoms with Gasteiger partial charge in [-0.25, -0.2) is 12.7 Å². The van der Waals surface area contributed by atoms with E-state index in [0.717, 1.165) is 4.31 Å². The first-order chi connectivity index (χ1) is 17.9. The molecule has 4 rings (SSSR count). The number of nitrogens with one attached hydrogen (secondary N) is 1. The molecule has 3 aromatic rings. The fraction of sp³-hybridized carbons (Fsp3) is 0.310. The highest BCUT2D eigenvalue weighted by atomic mass is 35.5. The van der Waals surface area contributed by atoms with E-state index in [1.165, 1.54) is 24.3 Å². The topological polar surface area (TPSA) is 92.8 Å². The first-order valence-corrected chi connectivity index (χ1v) is 14.2. The van der Waals surface area contributed by atoms with Gasteiger partial charge in [0.25, 0.3) is 21.8 Å². The van der Waals surface area contributed by atoms with E-state index in [0.29, 0.717) is 34.1 Å². The molecule has 2 amide bonds. The number of ether oxygens (including phenoxy) is 1. The quantitative estimate of drug-likeness (QED) is 0.404. The Bertz CT molecular complexity index is 1500. The summed E-state index contributed by atoms with van der Waals surface area (Å²) < 4.78 is 34.5. The third kappa shape index (κ3) is 4.67. The van der Waals surface area contributed by atoms with Crippen LogP contribution in [0.15, 0.2) is 71.6 Å². The highest BCUT2D eigenvalue weighted by molar-refractivity contribution is 7.93. The van der Waals surface area contributed by atoms with Crippen molar-refractivity contribution >= 4 is 39.1 Å². The van der Waals surface area contributed by atoms with Crippen molar-refractivity contribution in [3.8, 4) is 5.75 Å². The molecule has 1 aliphatic rings. The lowest BCUT2D eigenvalue weighted by Gasteiger charge is -2.29. The van der Waals surface area contributed by atoms with E-state index >= 15 is 0 Å². The van der Waals surface area contributed by atoms with Crippen LogP contribution in [0.5, 0.6) is 5.75 Å². The summed E-state index contributed by atoms with van der Waals surface area (Å²) in [5, 5.41) is 3.21. The van der Waals surface area contributed by atoms with Crippen molar-refractivity contribution in [1.29, 1.82) is 0 Å². The number of fused-ring (bicyclic) bond motifs is 1. The molecule has 0 spiro atoms. The van der Waals surface area contributed by atoms with Crippen molar-refractivity contribution in [3.05, 3.63) is 88.4 Å². The first kappa shape index (κ1) is 27.7. The van der Waals surface area contributed by atoms with Crippen LogP contribution in [0.4, 0.5) is 5.69 Å². The minimum atomic E-state index is -4.34. The lowest BCUT2D eigenvalue weighted by Crippen LogP contribution is -2.44. The average molecular weight is 555 g/mol. The van der Waals surface area contributed by atoms with Gasteiger partial charge < -0.3 is 10.1 Å². The standard InChI is InChI=1S/C29H31ClN2O5S/c1-6-29(22-10-8-9-11-24(22)30)23-18-20(37-7-2)14-17-25(23)32(27(29)34)38(35,36)21-15-12-19(13-16-21)26(33)31-28(3,4)5/h8-18H,6-7H2,1-5H3,(H,31,33). The van der Waals surface area contributed by atoms with Crippen molar-refractivity contribution in [1.82, 2.24) is 5.32 Å². The fourth-order valence-corrected chi connectivity index (χ4v) is 6.60. The Labute approximate surface area is 228 Å². The molecule has 1 heterocycles. The van der Waals surface area contributed by atoms with Crippen LogP contribution in [0.25, 0.3) is 0 Å². The minimum absolute atomic E-state index is 0.107. The third-order valence-electron chi connectivity index (χ3n) is 6.51. The third-order valence-corrected chi connectivity index (χ3v) is 8.56. The van der Waals surface area contributed by atoms with Gasteiger partial charge in [0.1, 0.15) is 11.2 Å².